The lowest BCUT2D eigenvalue weighted by Crippen LogP contribution is -2.37. The van der Waals surface area contributed by atoms with Gasteiger partial charge in [0.2, 0.25) is 0 Å². The van der Waals surface area contributed by atoms with Crippen LogP contribution in [-0.4, -0.2) is 83.7 Å². The van der Waals surface area contributed by atoms with E-state index in [2.05, 4.69) is 5.32 Å². The van der Waals surface area contributed by atoms with Gasteiger partial charge in [0.05, 0.1) is 31.0 Å². The molecule has 0 saturated carbocycles. The summed E-state index contributed by atoms with van der Waals surface area (Å²) < 4.78 is 22.9. The number of nitrogens with one attached hydrogen (secondary N) is 1. The molecule has 3 heterocycles. The van der Waals surface area contributed by atoms with Gasteiger partial charge in [-0.1, -0.05) is 0 Å². The van der Waals surface area contributed by atoms with Crippen molar-refractivity contribution in [3.8, 4) is 0 Å². The third kappa shape index (κ3) is 3.27. The number of hydrogen-bond donors (Lipinski definition) is 4. The van der Waals surface area contributed by atoms with Crippen LogP contribution in [0, 0.1) is 0 Å². The Kier molecular flexibility index (Phi) is 4.97. The summed E-state index contributed by atoms with van der Waals surface area (Å²) in [5.41, 5.74) is 0. The summed E-state index contributed by atoms with van der Waals surface area (Å²) in [7, 11) is 1.57. The predicted octanol–water partition coefficient (Wildman–Crippen LogP) is -1.29. The summed E-state index contributed by atoms with van der Waals surface area (Å²) in [5, 5.41) is 32.2. The maximum atomic E-state index is 10.1. The molecule has 8 nitrogen and oxygen atoms in total. The van der Waals surface area contributed by atoms with Gasteiger partial charge in [-0.15, -0.1) is 0 Å². The van der Waals surface area contributed by atoms with Crippen LogP contribution in [0.1, 0.15) is 26.7 Å². The topological polar surface area (TPSA) is 110 Å². The normalized spacial score (nSPS) is 48.8. The molecule has 0 aromatic heterocycles. The van der Waals surface area contributed by atoms with Gasteiger partial charge in [-0.3, -0.25) is 0 Å². The Balaban J connectivity index is 1.58. The Morgan fingerprint density at radius 2 is 1.70 bits per heavy atom. The van der Waals surface area contributed by atoms with Gasteiger partial charge in [0.25, 0.3) is 0 Å². The van der Waals surface area contributed by atoms with Crippen LogP contribution >= 0.6 is 0 Å². The molecule has 4 N–H and O–H groups in total. The van der Waals surface area contributed by atoms with Crippen LogP contribution in [0.4, 0.5) is 0 Å². The van der Waals surface area contributed by atoms with E-state index in [1.807, 2.05) is 13.8 Å². The number of aliphatic hydroxyl groups excluding tert-OH is 3. The van der Waals surface area contributed by atoms with E-state index in [4.69, 9.17) is 18.9 Å². The molecule has 0 aromatic carbocycles. The summed E-state index contributed by atoms with van der Waals surface area (Å²) in [5.74, 6) is -0.669. The van der Waals surface area contributed by atoms with E-state index < -0.39 is 30.3 Å². The number of methoxy groups -OCH3 is 1. The molecule has 0 radical (unpaired) electrons. The highest BCUT2D eigenvalue weighted by Gasteiger charge is 2.55. The highest BCUT2D eigenvalue weighted by atomic mass is 16.8. The van der Waals surface area contributed by atoms with Gasteiger partial charge >= 0.3 is 0 Å². The predicted molar refractivity (Wildman–Crippen MR) is 78.5 cm³/mol. The highest BCUT2D eigenvalue weighted by Crippen LogP contribution is 2.40. The molecular formula is C15H27NO7. The monoisotopic (exact) mass is 333 g/mol. The second-order valence-electron chi connectivity index (χ2n) is 6.96. The lowest BCUT2D eigenvalue weighted by molar-refractivity contribution is -0.227. The van der Waals surface area contributed by atoms with E-state index in [9.17, 15) is 15.3 Å². The highest BCUT2D eigenvalue weighted by molar-refractivity contribution is 5.00. The largest absolute Gasteiger partial charge is 0.395 e. The molecule has 23 heavy (non-hydrogen) atoms. The van der Waals surface area contributed by atoms with Crippen molar-refractivity contribution in [2.24, 2.45) is 0 Å². The van der Waals surface area contributed by atoms with Crippen molar-refractivity contribution in [1.29, 1.82) is 0 Å². The zero-order chi connectivity index (χ0) is 16.8. The fourth-order valence-corrected chi connectivity index (χ4v) is 3.77. The van der Waals surface area contributed by atoms with Crippen molar-refractivity contribution < 1.29 is 34.3 Å². The third-order valence-electron chi connectivity index (χ3n) is 4.90. The standard InChI is InChI=1S/C15H27NO7/c1-15(2)22-12-9(21-14(20-3)13(12)23-15)5-4-7-10(18)11(19)8(6-17)16-7/h7-14,16-19H,4-6H2,1-3H3/t7-,8-,9+,10-,11-,12-,13-,14-/m1/s1. The first-order chi connectivity index (χ1) is 10.9. The number of rotatable bonds is 5. The Morgan fingerprint density at radius 3 is 2.30 bits per heavy atom. The molecule has 3 aliphatic rings. The fraction of sp³-hybridized carbons (Fsp3) is 1.00. The molecule has 0 aliphatic carbocycles. The number of aliphatic hydroxyl groups is 3. The molecule has 0 unspecified atom stereocenters. The quantitative estimate of drug-likeness (QED) is 0.492. The van der Waals surface area contributed by atoms with Crippen LogP contribution < -0.4 is 5.32 Å². The van der Waals surface area contributed by atoms with Gasteiger partial charge in [-0.25, -0.2) is 0 Å². The van der Waals surface area contributed by atoms with Crippen LogP contribution in [0.15, 0.2) is 0 Å². The lowest BCUT2D eigenvalue weighted by Gasteiger charge is -2.24. The number of fused-ring (bicyclic) bond motifs is 1. The maximum absolute atomic E-state index is 10.1. The van der Waals surface area contributed by atoms with Gasteiger partial charge in [0, 0.05) is 13.2 Å². The van der Waals surface area contributed by atoms with Gasteiger partial charge in [-0.05, 0) is 26.7 Å². The molecule has 3 fully saturated rings. The minimum atomic E-state index is -0.959. The summed E-state index contributed by atoms with van der Waals surface area (Å²) >= 11 is 0. The molecule has 0 spiro atoms. The summed E-state index contributed by atoms with van der Waals surface area (Å²) in [6.07, 6.45) is -1.80. The zero-order valence-electron chi connectivity index (χ0n) is 13.7. The van der Waals surface area contributed by atoms with Crippen molar-refractivity contribution in [1.82, 2.24) is 5.32 Å². The van der Waals surface area contributed by atoms with Crippen molar-refractivity contribution in [3.05, 3.63) is 0 Å². The van der Waals surface area contributed by atoms with Gasteiger partial charge < -0.3 is 39.6 Å². The molecular weight excluding hydrogens is 306 g/mol. The summed E-state index contributed by atoms with van der Waals surface area (Å²) in [6, 6.07) is -0.787. The average molecular weight is 333 g/mol. The Morgan fingerprint density at radius 1 is 1.04 bits per heavy atom. The molecule has 3 rings (SSSR count). The molecule has 0 aromatic rings. The third-order valence-corrected chi connectivity index (χ3v) is 4.90. The summed E-state index contributed by atoms with van der Waals surface area (Å²) in [6.45, 7) is 3.51. The van der Waals surface area contributed by atoms with E-state index in [1.54, 1.807) is 7.11 Å². The van der Waals surface area contributed by atoms with Crippen molar-refractivity contribution in [3.63, 3.8) is 0 Å². The van der Waals surface area contributed by atoms with Crippen LogP contribution in [0.2, 0.25) is 0 Å². The van der Waals surface area contributed by atoms with Crippen LogP contribution in [0.25, 0.3) is 0 Å². The minimum Gasteiger partial charge on any atom is -0.395 e. The van der Waals surface area contributed by atoms with Gasteiger partial charge in [-0.2, -0.15) is 0 Å². The molecule has 0 bridgehead atoms. The fourth-order valence-electron chi connectivity index (χ4n) is 3.77. The van der Waals surface area contributed by atoms with E-state index in [0.717, 1.165) is 0 Å². The van der Waals surface area contributed by atoms with Crippen molar-refractivity contribution in [2.75, 3.05) is 13.7 Å². The van der Waals surface area contributed by atoms with Gasteiger partial charge in [0.1, 0.15) is 12.2 Å². The first kappa shape index (κ1) is 17.5. The molecule has 134 valence electrons. The van der Waals surface area contributed by atoms with Gasteiger partial charge in [0.15, 0.2) is 12.1 Å². The van der Waals surface area contributed by atoms with E-state index >= 15 is 0 Å². The Hall–Kier alpha value is -0.320. The number of hydrogen-bond acceptors (Lipinski definition) is 8. The van der Waals surface area contributed by atoms with Crippen LogP contribution in [0.5, 0.6) is 0 Å². The molecule has 3 saturated heterocycles. The van der Waals surface area contributed by atoms with E-state index in [-0.39, 0.29) is 31.0 Å². The smallest absolute Gasteiger partial charge is 0.186 e. The number of ether oxygens (including phenoxy) is 4. The second-order valence-corrected chi connectivity index (χ2v) is 6.96. The van der Waals surface area contributed by atoms with E-state index in [0.29, 0.717) is 12.8 Å². The molecule has 8 heteroatoms. The van der Waals surface area contributed by atoms with Crippen LogP contribution in [0.3, 0.4) is 0 Å². The van der Waals surface area contributed by atoms with Crippen molar-refractivity contribution in [2.45, 2.75) is 81.4 Å². The SMILES string of the molecule is CO[C@@H]1O[C@@H](CC[C@H]2N[C@H](CO)[C@@H](O)[C@@H]2O)[C@H]2OC(C)(C)O[C@@H]12. The first-order valence-corrected chi connectivity index (χ1v) is 8.13. The lowest BCUT2D eigenvalue weighted by atomic mass is 9.99. The van der Waals surface area contributed by atoms with E-state index in [1.165, 1.54) is 0 Å². The molecule has 3 aliphatic heterocycles. The Labute approximate surface area is 135 Å². The molecule has 8 atom stereocenters. The first-order valence-electron chi connectivity index (χ1n) is 8.13. The van der Waals surface area contributed by atoms with Crippen LogP contribution in [-0.2, 0) is 18.9 Å². The zero-order valence-corrected chi connectivity index (χ0v) is 13.7. The summed E-state index contributed by atoms with van der Waals surface area (Å²) in [4.78, 5) is 0. The Bertz CT molecular complexity index is 421. The minimum absolute atomic E-state index is 0.203. The second kappa shape index (κ2) is 6.53. The average Bonchev–Trinajstić information content (AvgIpc) is 3.08. The molecule has 0 amide bonds. The maximum Gasteiger partial charge on any atom is 0.186 e. The van der Waals surface area contributed by atoms with Crippen molar-refractivity contribution >= 4 is 0 Å².